The molecule has 0 aliphatic rings. The average Bonchev–Trinajstić information content (AvgIpc) is 2.13. The van der Waals surface area contributed by atoms with E-state index >= 15 is 0 Å². The van der Waals surface area contributed by atoms with Crippen molar-refractivity contribution < 1.29 is 9.53 Å². The highest BCUT2D eigenvalue weighted by Gasteiger charge is 2.11. The standard InChI is InChI=1S/C10H9Br2ClO2/c1-2-15-9(14)4-6-3-7(13)5-8(11)10(6)12/h3,5H,2,4H2,1H3. The van der Waals surface area contributed by atoms with Crippen LogP contribution in [-0.4, -0.2) is 12.6 Å². The molecule has 2 nitrogen and oxygen atoms in total. The smallest absolute Gasteiger partial charge is 0.310 e. The van der Waals surface area contributed by atoms with E-state index in [9.17, 15) is 4.79 Å². The summed E-state index contributed by atoms with van der Waals surface area (Å²) in [7, 11) is 0. The molecule has 5 heteroatoms. The quantitative estimate of drug-likeness (QED) is 0.605. The van der Waals surface area contributed by atoms with Gasteiger partial charge in [-0.2, -0.15) is 0 Å². The van der Waals surface area contributed by atoms with E-state index < -0.39 is 0 Å². The lowest BCUT2D eigenvalue weighted by Gasteiger charge is -2.06. The molecule has 1 aromatic carbocycles. The molecule has 0 heterocycles. The Labute approximate surface area is 110 Å². The van der Waals surface area contributed by atoms with Gasteiger partial charge >= 0.3 is 5.97 Å². The maximum absolute atomic E-state index is 11.3. The lowest BCUT2D eigenvalue weighted by Crippen LogP contribution is -2.08. The van der Waals surface area contributed by atoms with Gasteiger partial charge in [-0.15, -0.1) is 0 Å². The second-order valence-electron chi connectivity index (χ2n) is 2.84. The monoisotopic (exact) mass is 354 g/mol. The Morgan fingerprint density at radius 2 is 2.13 bits per heavy atom. The predicted octanol–water partition coefficient (Wildman–Crippen LogP) is 3.97. The number of benzene rings is 1. The van der Waals surface area contributed by atoms with Gasteiger partial charge in [-0.05, 0) is 56.5 Å². The molecule has 0 radical (unpaired) electrons. The van der Waals surface area contributed by atoms with Crippen molar-refractivity contribution in [3.8, 4) is 0 Å². The van der Waals surface area contributed by atoms with E-state index in [2.05, 4.69) is 31.9 Å². The lowest BCUT2D eigenvalue weighted by molar-refractivity contribution is -0.142. The summed E-state index contributed by atoms with van der Waals surface area (Å²) < 4.78 is 6.52. The van der Waals surface area contributed by atoms with E-state index in [1.54, 1.807) is 19.1 Å². The van der Waals surface area contributed by atoms with Crippen LogP contribution in [0.3, 0.4) is 0 Å². The number of carbonyl (C=O) groups excluding carboxylic acids is 1. The Hall–Kier alpha value is -0.0600. The molecule has 0 saturated carbocycles. The SMILES string of the molecule is CCOC(=O)Cc1cc(Cl)cc(Br)c1Br. The first-order chi connectivity index (χ1) is 7.04. The zero-order chi connectivity index (χ0) is 11.4. The second-order valence-corrected chi connectivity index (χ2v) is 4.93. The lowest BCUT2D eigenvalue weighted by atomic mass is 10.1. The summed E-state index contributed by atoms with van der Waals surface area (Å²) >= 11 is 12.6. The Kier molecular flexibility index (Phi) is 5.09. The Morgan fingerprint density at radius 3 is 2.73 bits per heavy atom. The van der Waals surface area contributed by atoms with Gasteiger partial charge in [0.1, 0.15) is 0 Å². The zero-order valence-electron chi connectivity index (χ0n) is 8.02. The number of ether oxygens (including phenoxy) is 1. The fourth-order valence-corrected chi connectivity index (χ4v) is 2.35. The summed E-state index contributed by atoms with van der Waals surface area (Å²) in [6.07, 6.45) is 0.216. The van der Waals surface area contributed by atoms with E-state index in [-0.39, 0.29) is 12.4 Å². The third-order valence-electron chi connectivity index (χ3n) is 1.71. The van der Waals surface area contributed by atoms with Crippen LogP contribution >= 0.6 is 43.5 Å². The molecule has 0 aliphatic carbocycles. The summed E-state index contributed by atoms with van der Waals surface area (Å²) in [5, 5.41) is 0.587. The van der Waals surface area contributed by atoms with Crippen molar-refractivity contribution in [2.45, 2.75) is 13.3 Å². The van der Waals surface area contributed by atoms with E-state index in [0.29, 0.717) is 11.6 Å². The van der Waals surface area contributed by atoms with E-state index in [0.717, 1.165) is 14.5 Å². The minimum atomic E-state index is -0.257. The summed E-state index contributed by atoms with van der Waals surface area (Å²) in [5.74, 6) is -0.257. The summed E-state index contributed by atoms with van der Waals surface area (Å²) in [4.78, 5) is 11.3. The van der Waals surface area contributed by atoms with Gasteiger partial charge in [-0.25, -0.2) is 0 Å². The van der Waals surface area contributed by atoms with Crippen LogP contribution in [0.1, 0.15) is 12.5 Å². The van der Waals surface area contributed by atoms with Gasteiger partial charge in [0.05, 0.1) is 13.0 Å². The van der Waals surface area contributed by atoms with Gasteiger partial charge < -0.3 is 4.74 Å². The normalized spacial score (nSPS) is 10.1. The number of rotatable bonds is 3. The number of hydrogen-bond acceptors (Lipinski definition) is 2. The van der Waals surface area contributed by atoms with Crippen molar-refractivity contribution in [1.82, 2.24) is 0 Å². The van der Waals surface area contributed by atoms with Gasteiger partial charge in [0.25, 0.3) is 0 Å². The van der Waals surface area contributed by atoms with E-state index in [1.807, 2.05) is 0 Å². The fourth-order valence-electron chi connectivity index (χ4n) is 1.11. The summed E-state index contributed by atoms with van der Waals surface area (Å²) in [5.41, 5.74) is 0.813. The van der Waals surface area contributed by atoms with Gasteiger partial charge in [0.15, 0.2) is 0 Å². The molecule has 1 rings (SSSR count). The fraction of sp³-hybridized carbons (Fsp3) is 0.300. The Morgan fingerprint density at radius 1 is 1.47 bits per heavy atom. The average molecular weight is 356 g/mol. The third kappa shape index (κ3) is 3.78. The van der Waals surface area contributed by atoms with Crippen LogP contribution in [0.15, 0.2) is 21.1 Å². The molecule has 0 bridgehead atoms. The van der Waals surface area contributed by atoms with Gasteiger partial charge in [-0.3, -0.25) is 4.79 Å². The first-order valence-electron chi connectivity index (χ1n) is 4.33. The highest BCUT2D eigenvalue weighted by molar-refractivity contribution is 9.13. The van der Waals surface area contributed by atoms with Gasteiger partial charge in [-0.1, -0.05) is 11.6 Å². The molecule has 0 unspecified atom stereocenters. The Balaban J connectivity index is 2.89. The van der Waals surface area contributed by atoms with Crippen molar-refractivity contribution in [2.75, 3.05) is 6.61 Å². The first kappa shape index (κ1) is 13.0. The largest absolute Gasteiger partial charge is 0.466 e. The molecule has 0 N–H and O–H groups in total. The minimum Gasteiger partial charge on any atom is -0.466 e. The molecule has 0 atom stereocenters. The van der Waals surface area contributed by atoms with Gasteiger partial charge in [0.2, 0.25) is 0 Å². The van der Waals surface area contributed by atoms with Crippen LogP contribution in [0.25, 0.3) is 0 Å². The molecule has 0 amide bonds. The van der Waals surface area contributed by atoms with Crippen molar-refractivity contribution in [3.63, 3.8) is 0 Å². The van der Waals surface area contributed by atoms with Crippen LogP contribution in [-0.2, 0) is 16.0 Å². The molecule has 0 aromatic heterocycles. The second kappa shape index (κ2) is 5.87. The molecular formula is C10H9Br2ClO2. The van der Waals surface area contributed by atoms with Gasteiger partial charge in [0, 0.05) is 14.0 Å². The number of hydrogen-bond donors (Lipinski definition) is 0. The molecule has 0 fully saturated rings. The zero-order valence-corrected chi connectivity index (χ0v) is 11.9. The number of carbonyl (C=O) groups is 1. The van der Waals surface area contributed by atoms with Crippen molar-refractivity contribution >= 4 is 49.4 Å². The maximum Gasteiger partial charge on any atom is 0.310 e. The van der Waals surface area contributed by atoms with Crippen LogP contribution in [0.4, 0.5) is 0 Å². The molecule has 82 valence electrons. The maximum atomic E-state index is 11.3. The molecule has 0 saturated heterocycles. The third-order valence-corrected chi connectivity index (χ3v) is 4.02. The summed E-state index contributed by atoms with van der Waals surface area (Å²) in [6.45, 7) is 2.17. The van der Waals surface area contributed by atoms with Crippen LogP contribution in [0, 0.1) is 0 Å². The molecular weight excluding hydrogens is 347 g/mol. The minimum absolute atomic E-state index is 0.216. The summed E-state index contributed by atoms with van der Waals surface area (Å²) in [6, 6.07) is 3.51. The van der Waals surface area contributed by atoms with Crippen molar-refractivity contribution in [1.29, 1.82) is 0 Å². The van der Waals surface area contributed by atoms with Crippen molar-refractivity contribution in [2.24, 2.45) is 0 Å². The highest BCUT2D eigenvalue weighted by atomic mass is 79.9. The predicted molar refractivity (Wildman–Crippen MR) is 67.2 cm³/mol. The van der Waals surface area contributed by atoms with Crippen LogP contribution < -0.4 is 0 Å². The van der Waals surface area contributed by atoms with E-state index in [1.165, 1.54) is 0 Å². The first-order valence-corrected chi connectivity index (χ1v) is 6.30. The van der Waals surface area contributed by atoms with E-state index in [4.69, 9.17) is 16.3 Å². The molecule has 0 aliphatic heterocycles. The number of esters is 1. The van der Waals surface area contributed by atoms with Crippen LogP contribution in [0.5, 0.6) is 0 Å². The topological polar surface area (TPSA) is 26.3 Å². The number of halogens is 3. The highest BCUT2D eigenvalue weighted by Crippen LogP contribution is 2.30. The molecule has 0 spiro atoms. The van der Waals surface area contributed by atoms with Crippen LogP contribution in [0.2, 0.25) is 5.02 Å². The Bertz CT molecular complexity index is 380. The van der Waals surface area contributed by atoms with Crippen molar-refractivity contribution in [3.05, 3.63) is 31.7 Å². The molecule has 1 aromatic rings. The molecule has 15 heavy (non-hydrogen) atoms.